The van der Waals surface area contributed by atoms with Crippen LogP contribution in [0.15, 0.2) is 30.6 Å². The molecule has 2 aromatic heterocycles. The van der Waals surface area contributed by atoms with Gasteiger partial charge in [-0.1, -0.05) is 0 Å². The van der Waals surface area contributed by atoms with Crippen molar-refractivity contribution in [1.29, 1.82) is 0 Å². The van der Waals surface area contributed by atoms with Crippen molar-refractivity contribution in [2.75, 3.05) is 5.73 Å². The van der Waals surface area contributed by atoms with Crippen LogP contribution in [0.5, 0.6) is 0 Å². The zero-order chi connectivity index (χ0) is 9.54. The van der Waals surface area contributed by atoms with Gasteiger partial charge < -0.3 is 10.7 Å². The summed E-state index contributed by atoms with van der Waals surface area (Å²) >= 11 is 0. The normalized spacial score (nSPS) is 11.1. The fraction of sp³-hybridized carbons (Fsp3) is 0. The number of aromatic amines is 1. The lowest BCUT2D eigenvalue weighted by atomic mass is 10.1. The average Bonchev–Trinajstić information content (AvgIpc) is 2.66. The molecule has 14 heavy (non-hydrogen) atoms. The Hall–Kier alpha value is -2.10. The van der Waals surface area contributed by atoms with Gasteiger partial charge in [0.05, 0.1) is 17.2 Å². The number of pyridine rings is 1. The first-order valence-electron chi connectivity index (χ1n) is 4.33. The summed E-state index contributed by atoms with van der Waals surface area (Å²) in [5, 5.41) is 9.88. The summed E-state index contributed by atoms with van der Waals surface area (Å²) in [5.41, 5.74) is 8.50. The van der Waals surface area contributed by atoms with Gasteiger partial charge in [-0.15, -0.1) is 0 Å². The number of rotatable bonds is 0. The molecule has 0 aliphatic heterocycles. The number of hydrogen-bond donors (Lipinski definition) is 2. The highest BCUT2D eigenvalue weighted by molar-refractivity contribution is 6.07. The Kier molecular flexibility index (Phi) is 1.28. The maximum absolute atomic E-state index is 5.86. The lowest BCUT2D eigenvalue weighted by Gasteiger charge is -2.01. The first kappa shape index (κ1) is 7.32. The van der Waals surface area contributed by atoms with Gasteiger partial charge in [-0.3, -0.25) is 0 Å². The highest BCUT2D eigenvalue weighted by atomic mass is 15.1. The van der Waals surface area contributed by atoms with Crippen LogP contribution in [0.3, 0.4) is 0 Å². The summed E-state index contributed by atoms with van der Waals surface area (Å²) in [6.07, 6.45) is 3.57. The van der Waals surface area contributed by atoms with Gasteiger partial charge in [-0.2, -0.15) is 10.2 Å². The molecule has 0 atom stereocenters. The van der Waals surface area contributed by atoms with Crippen molar-refractivity contribution in [3.05, 3.63) is 30.6 Å². The summed E-state index contributed by atoms with van der Waals surface area (Å²) in [7, 11) is 0. The number of nitrogens with zero attached hydrogens (tertiary/aromatic N) is 2. The van der Waals surface area contributed by atoms with E-state index in [2.05, 4.69) is 15.2 Å². The molecule has 0 saturated carbocycles. The summed E-state index contributed by atoms with van der Waals surface area (Å²) in [6, 6.07) is 5.73. The number of benzene rings is 1. The van der Waals surface area contributed by atoms with E-state index in [9.17, 15) is 0 Å². The molecule has 0 spiro atoms. The molecule has 0 radical (unpaired) electrons. The molecule has 4 nitrogen and oxygen atoms in total. The lowest BCUT2D eigenvalue weighted by molar-refractivity contribution is 1.12. The molecule has 4 heteroatoms. The SMILES string of the molecule is Nc1cc[nH]c2c1ccc1nncc12. The maximum Gasteiger partial charge on any atom is 0.0966 e. The molecular formula is C10H8N4. The highest BCUT2D eigenvalue weighted by Gasteiger charge is 2.04. The molecule has 0 bridgehead atoms. The molecule has 2 heterocycles. The van der Waals surface area contributed by atoms with E-state index in [-0.39, 0.29) is 0 Å². The molecular weight excluding hydrogens is 176 g/mol. The van der Waals surface area contributed by atoms with E-state index in [4.69, 9.17) is 5.73 Å². The van der Waals surface area contributed by atoms with Gasteiger partial charge in [-0.25, -0.2) is 0 Å². The van der Waals surface area contributed by atoms with Crippen LogP contribution in [-0.4, -0.2) is 15.2 Å². The van der Waals surface area contributed by atoms with Crippen LogP contribution in [0.25, 0.3) is 21.8 Å². The summed E-state index contributed by atoms with van der Waals surface area (Å²) in [6.45, 7) is 0. The van der Waals surface area contributed by atoms with E-state index in [1.807, 2.05) is 24.4 Å². The van der Waals surface area contributed by atoms with Crippen molar-refractivity contribution in [3.63, 3.8) is 0 Å². The number of nitrogens with one attached hydrogen (secondary N) is 1. The molecule has 0 unspecified atom stereocenters. The number of anilines is 1. The fourth-order valence-electron chi connectivity index (χ4n) is 1.68. The van der Waals surface area contributed by atoms with Crippen molar-refractivity contribution in [1.82, 2.24) is 15.2 Å². The standard InChI is InChI=1S/C10H8N4/c11-8-3-4-12-10-6(8)1-2-9-7(10)5-13-14-9/h1-5,12H,11H2. The van der Waals surface area contributed by atoms with Crippen LogP contribution in [0.2, 0.25) is 0 Å². The van der Waals surface area contributed by atoms with E-state index in [0.29, 0.717) is 0 Å². The first-order chi connectivity index (χ1) is 6.86. The Morgan fingerprint density at radius 1 is 1.14 bits per heavy atom. The van der Waals surface area contributed by atoms with E-state index in [1.165, 1.54) is 0 Å². The van der Waals surface area contributed by atoms with Gasteiger partial charge in [0.25, 0.3) is 0 Å². The minimum atomic E-state index is 0.766. The minimum absolute atomic E-state index is 0.766. The van der Waals surface area contributed by atoms with Gasteiger partial charge >= 0.3 is 0 Å². The smallest absolute Gasteiger partial charge is 0.0966 e. The topological polar surface area (TPSA) is 67.6 Å². The fourth-order valence-corrected chi connectivity index (χ4v) is 1.68. The lowest BCUT2D eigenvalue weighted by Crippen LogP contribution is -1.88. The molecule has 0 aliphatic carbocycles. The monoisotopic (exact) mass is 184 g/mol. The van der Waals surface area contributed by atoms with Crippen molar-refractivity contribution in [2.45, 2.75) is 0 Å². The molecule has 3 rings (SSSR count). The van der Waals surface area contributed by atoms with Crippen LogP contribution in [0.1, 0.15) is 0 Å². The number of hydrogen-bond acceptors (Lipinski definition) is 3. The number of aromatic nitrogens is 3. The molecule has 68 valence electrons. The second kappa shape index (κ2) is 2.45. The number of fused-ring (bicyclic) bond motifs is 3. The number of H-pyrrole nitrogens is 1. The highest BCUT2D eigenvalue weighted by Crippen LogP contribution is 2.25. The second-order valence-corrected chi connectivity index (χ2v) is 3.20. The quantitative estimate of drug-likeness (QED) is 0.558. The Balaban J connectivity index is 2.64. The first-order valence-corrected chi connectivity index (χ1v) is 4.33. The molecule has 1 aromatic carbocycles. The Bertz CT molecular complexity index is 612. The van der Waals surface area contributed by atoms with E-state index >= 15 is 0 Å². The molecule has 0 amide bonds. The van der Waals surface area contributed by atoms with Gasteiger partial charge in [0.2, 0.25) is 0 Å². The molecule has 0 aliphatic rings. The maximum atomic E-state index is 5.86. The van der Waals surface area contributed by atoms with Crippen LogP contribution in [-0.2, 0) is 0 Å². The van der Waals surface area contributed by atoms with Crippen LogP contribution >= 0.6 is 0 Å². The second-order valence-electron chi connectivity index (χ2n) is 3.20. The summed E-state index contributed by atoms with van der Waals surface area (Å²) < 4.78 is 0. The zero-order valence-corrected chi connectivity index (χ0v) is 7.36. The van der Waals surface area contributed by atoms with Crippen LogP contribution < -0.4 is 5.73 Å². The predicted molar refractivity (Wildman–Crippen MR) is 55.8 cm³/mol. The van der Waals surface area contributed by atoms with E-state index < -0.39 is 0 Å². The minimum Gasteiger partial charge on any atom is -0.398 e. The van der Waals surface area contributed by atoms with Crippen molar-refractivity contribution in [3.8, 4) is 0 Å². The van der Waals surface area contributed by atoms with Crippen molar-refractivity contribution >= 4 is 27.5 Å². The third-order valence-corrected chi connectivity index (χ3v) is 2.38. The predicted octanol–water partition coefficient (Wildman–Crippen LogP) is 1.69. The molecule has 0 saturated heterocycles. The van der Waals surface area contributed by atoms with Gasteiger partial charge in [-0.05, 0) is 18.2 Å². The molecule has 0 fully saturated rings. The van der Waals surface area contributed by atoms with Crippen molar-refractivity contribution < 1.29 is 0 Å². The van der Waals surface area contributed by atoms with Gasteiger partial charge in [0, 0.05) is 22.7 Å². The average molecular weight is 184 g/mol. The summed E-state index contributed by atoms with van der Waals surface area (Å²) in [5.74, 6) is 0. The molecule has 3 aromatic rings. The van der Waals surface area contributed by atoms with Gasteiger partial charge in [0.15, 0.2) is 0 Å². The van der Waals surface area contributed by atoms with Gasteiger partial charge in [0.1, 0.15) is 0 Å². The third-order valence-electron chi connectivity index (χ3n) is 2.38. The van der Waals surface area contributed by atoms with Crippen molar-refractivity contribution in [2.24, 2.45) is 0 Å². The molecule has 3 N–H and O–H groups in total. The van der Waals surface area contributed by atoms with E-state index in [0.717, 1.165) is 27.5 Å². The Morgan fingerprint density at radius 2 is 2.07 bits per heavy atom. The summed E-state index contributed by atoms with van der Waals surface area (Å²) in [4.78, 5) is 3.16. The number of nitrogens with two attached hydrogens (primary N) is 1. The van der Waals surface area contributed by atoms with Crippen LogP contribution in [0.4, 0.5) is 5.69 Å². The Labute approximate surface area is 79.8 Å². The number of nitrogen functional groups attached to an aromatic ring is 1. The largest absolute Gasteiger partial charge is 0.398 e. The van der Waals surface area contributed by atoms with E-state index in [1.54, 1.807) is 6.20 Å². The zero-order valence-electron chi connectivity index (χ0n) is 7.36. The third kappa shape index (κ3) is 0.821. The van der Waals surface area contributed by atoms with Crippen LogP contribution in [0, 0.1) is 0 Å². The Morgan fingerprint density at radius 3 is 3.00 bits per heavy atom.